The lowest BCUT2D eigenvalue weighted by atomic mass is 9.81. The summed E-state index contributed by atoms with van der Waals surface area (Å²) in [4.78, 5) is 43.0. The number of unbranched alkanes of at least 4 members (excludes halogenated alkanes) is 1. The highest BCUT2D eigenvalue weighted by Crippen LogP contribution is 2.38. The molecule has 1 aliphatic carbocycles. The van der Waals surface area contributed by atoms with Crippen LogP contribution in [0.3, 0.4) is 0 Å². The Balaban J connectivity index is 0.00000240. The van der Waals surface area contributed by atoms with Crippen molar-refractivity contribution in [1.29, 1.82) is 0 Å². The Morgan fingerprint density at radius 3 is 2.17 bits per heavy atom. The maximum atomic E-state index is 12.5. The van der Waals surface area contributed by atoms with Crippen molar-refractivity contribution in [2.45, 2.75) is 38.5 Å². The first-order valence-electron chi connectivity index (χ1n) is 10.6. The Morgan fingerprint density at radius 1 is 0.966 bits per heavy atom. The number of halogens is 1. The van der Waals surface area contributed by atoms with Gasteiger partial charge in [-0.05, 0) is 44.4 Å². The second-order valence-corrected chi connectivity index (χ2v) is 8.14. The van der Waals surface area contributed by atoms with E-state index in [1.54, 1.807) is 12.1 Å². The lowest BCUT2D eigenvalue weighted by molar-refractivity contribution is -0.140. The Hall–Kier alpha value is -1.86. The van der Waals surface area contributed by atoms with E-state index in [4.69, 9.17) is 4.42 Å². The van der Waals surface area contributed by atoms with Gasteiger partial charge >= 0.3 is 0 Å². The van der Waals surface area contributed by atoms with Crippen LogP contribution in [0.25, 0.3) is 0 Å². The predicted molar refractivity (Wildman–Crippen MR) is 110 cm³/mol. The first kappa shape index (κ1) is 21.8. The van der Waals surface area contributed by atoms with Crippen LogP contribution in [-0.2, 0) is 9.59 Å². The van der Waals surface area contributed by atoms with Crippen LogP contribution < -0.4 is 0 Å². The van der Waals surface area contributed by atoms with E-state index in [1.165, 1.54) is 11.2 Å². The number of amides is 3. The molecule has 0 bridgehead atoms. The number of rotatable bonds is 6. The molecule has 2 unspecified atom stereocenters. The number of furan rings is 1. The van der Waals surface area contributed by atoms with Crippen LogP contribution in [0.1, 0.15) is 49.1 Å². The van der Waals surface area contributed by atoms with Gasteiger partial charge < -0.3 is 9.32 Å². The molecule has 2 saturated heterocycles. The lowest BCUT2D eigenvalue weighted by Crippen LogP contribution is -2.48. The van der Waals surface area contributed by atoms with Crippen molar-refractivity contribution in [2.75, 3.05) is 39.3 Å². The zero-order chi connectivity index (χ0) is 19.5. The topological polar surface area (TPSA) is 74.1 Å². The highest BCUT2D eigenvalue weighted by molar-refractivity contribution is 6.05. The summed E-state index contributed by atoms with van der Waals surface area (Å²) < 4.78 is 5.19. The normalized spacial score (nSPS) is 25.1. The van der Waals surface area contributed by atoms with E-state index in [2.05, 4.69) is 4.90 Å². The SMILES string of the molecule is Cl.O=C(c1ccco1)N1CCN(CCCCN2C(=O)C3CCCCC3C2=O)CC1. The number of nitrogens with zero attached hydrogens (tertiary/aromatic N) is 3. The fraction of sp³-hybridized carbons (Fsp3) is 0.667. The second-order valence-electron chi connectivity index (χ2n) is 8.14. The van der Waals surface area contributed by atoms with E-state index in [9.17, 15) is 14.4 Å². The van der Waals surface area contributed by atoms with Gasteiger partial charge in [-0.25, -0.2) is 0 Å². The molecule has 3 amide bonds. The second kappa shape index (κ2) is 9.76. The molecule has 1 aromatic heterocycles. The van der Waals surface area contributed by atoms with Gasteiger partial charge in [0.15, 0.2) is 5.76 Å². The van der Waals surface area contributed by atoms with Gasteiger partial charge in [0.2, 0.25) is 11.8 Å². The van der Waals surface area contributed by atoms with Gasteiger partial charge in [0.25, 0.3) is 5.91 Å². The number of imide groups is 1. The number of hydrogen-bond donors (Lipinski definition) is 0. The van der Waals surface area contributed by atoms with Crippen molar-refractivity contribution in [3.8, 4) is 0 Å². The molecule has 29 heavy (non-hydrogen) atoms. The Bertz CT molecular complexity index is 692. The highest BCUT2D eigenvalue weighted by Gasteiger charge is 2.47. The zero-order valence-electron chi connectivity index (χ0n) is 16.8. The minimum atomic E-state index is -0.0443. The number of carbonyl (C=O) groups excluding carboxylic acids is 3. The van der Waals surface area contributed by atoms with Crippen LogP contribution in [0.2, 0.25) is 0 Å². The number of carbonyl (C=O) groups is 3. The van der Waals surface area contributed by atoms with Crippen molar-refractivity contribution in [3.05, 3.63) is 24.2 Å². The smallest absolute Gasteiger partial charge is 0.289 e. The van der Waals surface area contributed by atoms with Crippen molar-refractivity contribution >= 4 is 30.1 Å². The number of piperazine rings is 1. The molecule has 8 heteroatoms. The van der Waals surface area contributed by atoms with E-state index in [-0.39, 0.29) is 42.0 Å². The number of likely N-dealkylation sites (tertiary alicyclic amines) is 1. The van der Waals surface area contributed by atoms with Gasteiger partial charge in [-0.1, -0.05) is 12.8 Å². The molecule has 160 valence electrons. The molecule has 0 N–H and O–H groups in total. The molecule has 7 nitrogen and oxygen atoms in total. The molecule has 3 aliphatic rings. The third kappa shape index (κ3) is 4.67. The number of hydrogen-bond acceptors (Lipinski definition) is 5. The third-order valence-corrected chi connectivity index (χ3v) is 6.43. The van der Waals surface area contributed by atoms with Gasteiger partial charge in [-0.2, -0.15) is 0 Å². The molecule has 1 saturated carbocycles. The van der Waals surface area contributed by atoms with Crippen LogP contribution in [0, 0.1) is 11.8 Å². The lowest BCUT2D eigenvalue weighted by Gasteiger charge is -2.34. The van der Waals surface area contributed by atoms with E-state index >= 15 is 0 Å². The molecule has 1 aromatic rings. The summed E-state index contributed by atoms with van der Waals surface area (Å²) >= 11 is 0. The van der Waals surface area contributed by atoms with E-state index < -0.39 is 0 Å². The first-order valence-corrected chi connectivity index (χ1v) is 10.6. The van der Waals surface area contributed by atoms with Crippen molar-refractivity contribution in [3.63, 3.8) is 0 Å². The van der Waals surface area contributed by atoms with Crippen molar-refractivity contribution in [1.82, 2.24) is 14.7 Å². The van der Waals surface area contributed by atoms with Gasteiger partial charge in [0, 0.05) is 32.7 Å². The summed E-state index contributed by atoms with van der Waals surface area (Å²) in [6, 6.07) is 3.43. The average molecular weight is 424 g/mol. The van der Waals surface area contributed by atoms with E-state index in [0.29, 0.717) is 25.4 Å². The molecule has 3 heterocycles. The largest absolute Gasteiger partial charge is 0.459 e. The summed E-state index contributed by atoms with van der Waals surface area (Å²) in [5, 5.41) is 0. The Morgan fingerprint density at radius 2 is 1.59 bits per heavy atom. The van der Waals surface area contributed by atoms with Crippen LogP contribution >= 0.6 is 12.4 Å². The molecule has 4 rings (SSSR count). The van der Waals surface area contributed by atoms with Crippen molar-refractivity contribution in [2.24, 2.45) is 11.8 Å². The average Bonchev–Trinajstić information content (AvgIpc) is 3.35. The van der Waals surface area contributed by atoms with Crippen LogP contribution in [-0.4, -0.2) is 71.7 Å². The quantitative estimate of drug-likeness (QED) is 0.519. The van der Waals surface area contributed by atoms with Crippen LogP contribution in [0.15, 0.2) is 22.8 Å². The molecule has 0 radical (unpaired) electrons. The molecule has 2 atom stereocenters. The predicted octanol–water partition coefficient (Wildman–Crippen LogP) is 2.41. The summed E-state index contributed by atoms with van der Waals surface area (Å²) in [7, 11) is 0. The van der Waals surface area contributed by atoms with Crippen LogP contribution in [0.4, 0.5) is 0 Å². The van der Waals surface area contributed by atoms with Gasteiger partial charge in [0.05, 0.1) is 18.1 Å². The van der Waals surface area contributed by atoms with Crippen molar-refractivity contribution < 1.29 is 18.8 Å². The van der Waals surface area contributed by atoms with Gasteiger partial charge in [-0.15, -0.1) is 12.4 Å². The third-order valence-electron chi connectivity index (χ3n) is 6.43. The summed E-state index contributed by atoms with van der Waals surface area (Å²) in [5.41, 5.74) is 0. The van der Waals surface area contributed by atoms with E-state index in [1.807, 2.05) is 4.90 Å². The monoisotopic (exact) mass is 423 g/mol. The van der Waals surface area contributed by atoms with Gasteiger partial charge in [0.1, 0.15) is 0 Å². The fourth-order valence-electron chi connectivity index (χ4n) is 4.79. The Labute approximate surface area is 177 Å². The fourth-order valence-corrected chi connectivity index (χ4v) is 4.79. The molecular weight excluding hydrogens is 394 g/mol. The molecule has 3 fully saturated rings. The van der Waals surface area contributed by atoms with Gasteiger partial charge in [-0.3, -0.25) is 24.2 Å². The summed E-state index contributed by atoms with van der Waals surface area (Å²) in [5.74, 6) is 0.410. The molecule has 2 aliphatic heterocycles. The highest BCUT2D eigenvalue weighted by atomic mass is 35.5. The summed E-state index contributed by atoms with van der Waals surface area (Å²) in [6.45, 7) is 4.59. The first-order chi connectivity index (χ1) is 13.6. The Kier molecular flexibility index (Phi) is 7.35. The molecular formula is C21H30ClN3O4. The zero-order valence-corrected chi connectivity index (χ0v) is 17.6. The summed E-state index contributed by atoms with van der Waals surface area (Å²) in [6.07, 6.45) is 7.24. The van der Waals surface area contributed by atoms with Crippen LogP contribution in [0.5, 0.6) is 0 Å². The standard InChI is InChI=1S/C21H29N3O4.ClH/c25-19-16-6-1-2-7-17(16)20(26)24(19)10-4-3-9-22-11-13-23(14-12-22)21(27)18-8-5-15-28-18;/h5,8,15-17H,1-4,6-7,9-14H2;1H. The number of fused-ring (bicyclic) bond motifs is 1. The maximum absolute atomic E-state index is 12.5. The minimum absolute atomic E-state index is 0. The molecule has 0 aromatic carbocycles. The van der Waals surface area contributed by atoms with E-state index in [0.717, 1.165) is 58.2 Å². The molecule has 0 spiro atoms. The maximum Gasteiger partial charge on any atom is 0.289 e. The minimum Gasteiger partial charge on any atom is -0.459 e.